The smallest absolute Gasteiger partial charge is 0.346 e. The first kappa shape index (κ1) is 20.6. The molecule has 0 saturated carbocycles. The molecule has 0 saturated heterocycles. The van der Waals surface area contributed by atoms with E-state index in [1.807, 2.05) is 47.8 Å². The number of para-hydroxylation sites is 1. The molecule has 0 bridgehead atoms. The van der Waals surface area contributed by atoms with Crippen molar-refractivity contribution in [2.75, 3.05) is 20.6 Å². The molecule has 0 N–H and O–H groups in total. The lowest BCUT2D eigenvalue weighted by Gasteiger charge is -2.16. The first-order chi connectivity index (χ1) is 14.2. The fourth-order valence-corrected chi connectivity index (χ4v) is 4.43. The number of halogens is 3. The van der Waals surface area contributed by atoms with Crippen LogP contribution in [0.2, 0.25) is 0 Å². The molecule has 0 fully saturated rings. The van der Waals surface area contributed by atoms with Gasteiger partial charge in [0.1, 0.15) is 5.01 Å². The number of hydrogen-bond donors (Lipinski definition) is 0. The molecule has 156 valence electrons. The second kappa shape index (κ2) is 7.85. The molecule has 4 aromatic rings. The van der Waals surface area contributed by atoms with Gasteiger partial charge in [-0.1, -0.05) is 12.1 Å². The van der Waals surface area contributed by atoms with Crippen LogP contribution in [-0.2, 0) is 12.7 Å². The minimum absolute atomic E-state index is 0.0615. The average molecular weight is 431 g/mol. The Labute approximate surface area is 175 Å². The molecule has 0 radical (unpaired) electrons. The maximum atomic E-state index is 13.3. The van der Waals surface area contributed by atoms with Crippen molar-refractivity contribution >= 4 is 32.5 Å². The molecule has 0 aliphatic heterocycles. The number of rotatable bonds is 5. The van der Waals surface area contributed by atoms with Gasteiger partial charge in [-0.25, -0.2) is 4.98 Å². The average Bonchev–Trinajstić information content (AvgIpc) is 3.12. The first-order valence-corrected chi connectivity index (χ1v) is 10.3. The molecular formula is C22H20F3N3OS. The van der Waals surface area contributed by atoms with E-state index >= 15 is 0 Å². The SMILES string of the molecule is CN(C)CCCn1cc(-c2nc3ccccc3s2)c(=O)c2cc(C(F)(F)F)ccc21. The van der Waals surface area contributed by atoms with Gasteiger partial charge >= 0.3 is 6.18 Å². The van der Waals surface area contributed by atoms with Gasteiger partial charge in [0.25, 0.3) is 0 Å². The van der Waals surface area contributed by atoms with Crippen LogP contribution < -0.4 is 5.43 Å². The van der Waals surface area contributed by atoms with Gasteiger partial charge in [0.05, 0.1) is 26.9 Å². The second-order valence-electron chi connectivity index (χ2n) is 7.44. The van der Waals surface area contributed by atoms with E-state index in [4.69, 9.17) is 0 Å². The van der Waals surface area contributed by atoms with Crippen LogP contribution >= 0.6 is 11.3 Å². The predicted octanol–water partition coefficient (Wildman–Crippen LogP) is 5.25. The summed E-state index contributed by atoms with van der Waals surface area (Å²) in [6.07, 6.45) is -1.99. The Morgan fingerprint density at radius 2 is 1.90 bits per heavy atom. The van der Waals surface area contributed by atoms with Crippen molar-refractivity contribution in [1.29, 1.82) is 0 Å². The van der Waals surface area contributed by atoms with Gasteiger partial charge in [-0.05, 0) is 57.4 Å². The Balaban J connectivity index is 1.92. The molecule has 0 unspecified atom stereocenters. The normalized spacial score (nSPS) is 12.3. The zero-order valence-corrected chi connectivity index (χ0v) is 17.3. The monoisotopic (exact) mass is 431 g/mol. The summed E-state index contributed by atoms with van der Waals surface area (Å²) in [6, 6.07) is 10.9. The molecule has 0 amide bonds. The van der Waals surface area contributed by atoms with E-state index < -0.39 is 17.2 Å². The highest BCUT2D eigenvalue weighted by molar-refractivity contribution is 7.21. The van der Waals surface area contributed by atoms with Crippen LogP contribution in [0, 0.1) is 0 Å². The Bertz CT molecular complexity index is 1240. The number of hydrogen-bond acceptors (Lipinski definition) is 4. The molecule has 2 aromatic carbocycles. The number of aromatic nitrogens is 2. The second-order valence-corrected chi connectivity index (χ2v) is 8.47. The highest BCUT2D eigenvalue weighted by atomic mass is 32.1. The topological polar surface area (TPSA) is 38.1 Å². The zero-order valence-electron chi connectivity index (χ0n) is 16.5. The van der Waals surface area contributed by atoms with Crippen LogP contribution in [0.25, 0.3) is 31.7 Å². The molecule has 30 heavy (non-hydrogen) atoms. The van der Waals surface area contributed by atoms with E-state index in [1.54, 1.807) is 6.20 Å². The zero-order chi connectivity index (χ0) is 21.5. The van der Waals surface area contributed by atoms with Gasteiger partial charge in [-0.3, -0.25) is 4.79 Å². The van der Waals surface area contributed by atoms with Crippen LogP contribution in [-0.4, -0.2) is 35.1 Å². The van der Waals surface area contributed by atoms with Gasteiger partial charge in [0.15, 0.2) is 5.43 Å². The molecule has 8 heteroatoms. The lowest BCUT2D eigenvalue weighted by atomic mass is 10.1. The fraction of sp³-hybridized carbons (Fsp3) is 0.273. The molecule has 0 atom stereocenters. The predicted molar refractivity (Wildman–Crippen MR) is 115 cm³/mol. The third-order valence-electron chi connectivity index (χ3n) is 4.94. The van der Waals surface area contributed by atoms with Gasteiger partial charge < -0.3 is 9.47 Å². The molecule has 4 nitrogen and oxygen atoms in total. The standard InChI is InChI=1S/C22H20F3N3OS/c1-27(2)10-5-11-28-13-16(21-26-17-6-3-4-7-19(17)30-21)20(29)15-12-14(22(23,24)25)8-9-18(15)28/h3-4,6-9,12-13H,5,10-11H2,1-2H3. The quantitative estimate of drug-likeness (QED) is 0.433. The molecule has 0 aliphatic rings. The van der Waals surface area contributed by atoms with Gasteiger partial charge in [0, 0.05) is 18.1 Å². The van der Waals surface area contributed by atoms with Crippen LogP contribution in [0.1, 0.15) is 12.0 Å². The number of fused-ring (bicyclic) bond motifs is 2. The Kier molecular flexibility index (Phi) is 5.38. The Morgan fingerprint density at radius 1 is 1.13 bits per heavy atom. The van der Waals surface area contributed by atoms with E-state index in [0.29, 0.717) is 22.6 Å². The largest absolute Gasteiger partial charge is 0.416 e. The summed E-state index contributed by atoms with van der Waals surface area (Å²) in [5.41, 5.74) is 0.331. The van der Waals surface area contributed by atoms with Crippen LogP contribution in [0.15, 0.2) is 53.5 Å². The lowest BCUT2D eigenvalue weighted by Crippen LogP contribution is -2.17. The van der Waals surface area contributed by atoms with E-state index in [1.165, 1.54) is 17.4 Å². The molecule has 0 spiro atoms. The summed E-state index contributed by atoms with van der Waals surface area (Å²) in [7, 11) is 3.93. The van der Waals surface area contributed by atoms with Crippen LogP contribution in [0.4, 0.5) is 13.2 Å². The van der Waals surface area contributed by atoms with Crippen molar-refractivity contribution in [2.24, 2.45) is 0 Å². The fourth-order valence-electron chi connectivity index (χ4n) is 3.46. The minimum atomic E-state index is -4.51. The minimum Gasteiger partial charge on any atom is -0.346 e. The number of alkyl halides is 3. The summed E-state index contributed by atoms with van der Waals surface area (Å²) < 4.78 is 42.6. The lowest BCUT2D eigenvalue weighted by molar-refractivity contribution is -0.137. The van der Waals surface area contributed by atoms with E-state index in [2.05, 4.69) is 4.98 Å². The summed E-state index contributed by atoms with van der Waals surface area (Å²) in [5, 5.41) is 0.577. The summed E-state index contributed by atoms with van der Waals surface area (Å²) in [4.78, 5) is 19.8. The molecule has 0 aliphatic carbocycles. The number of pyridine rings is 1. The van der Waals surface area contributed by atoms with Crippen molar-refractivity contribution in [3.8, 4) is 10.6 Å². The van der Waals surface area contributed by atoms with E-state index in [0.717, 1.165) is 35.3 Å². The van der Waals surface area contributed by atoms with E-state index in [-0.39, 0.29) is 5.39 Å². The third-order valence-corrected chi connectivity index (χ3v) is 6.01. The van der Waals surface area contributed by atoms with Crippen molar-refractivity contribution in [3.05, 3.63) is 64.4 Å². The Morgan fingerprint density at radius 3 is 2.60 bits per heavy atom. The molecular weight excluding hydrogens is 411 g/mol. The van der Waals surface area contributed by atoms with Gasteiger partial charge in [0.2, 0.25) is 0 Å². The van der Waals surface area contributed by atoms with Crippen molar-refractivity contribution < 1.29 is 13.2 Å². The number of thiazole rings is 1. The van der Waals surface area contributed by atoms with Crippen molar-refractivity contribution in [2.45, 2.75) is 19.1 Å². The summed E-state index contributed by atoms with van der Waals surface area (Å²) in [5.74, 6) is 0. The number of benzene rings is 2. The van der Waals surface area contributed by atoms with Crippen molar-refractivity contribution in [1.82, 2.24) is 14.5 Å². The highest BCUT2D eigenvalue weighted by Gasteiger charge is 2.31. The maximum Gasteiger partial charge on any atom is 0.416 e. The third kappa shape index (κ3) is 3.97. The van der Waals surface area contributed by atoms with Gasteiger partial charge in [-0.2, -0.15) is 13.2 Å². The maximum absolute atomic E-state index is 13.3. The van der Waals surface area contributed by atoms with Crippen LogP contribution in [0.5, 0.6) is 0 Å². The number of aryl methyl sites for hydroxylation is 1. The molecule has 2 heterocycles. The van der Waals surface area contributed by atoms with Gasteiger partial charge in [-0.15, -0.1) is 11.3 Å². The Hall–Kier alpha value is -2.71. The van der Waals surface area contributed by atoms with Crippen molar-refractivity contribution in [3.63, 3.8) is 0 Å². The van der Waals surface area contributed by atoms with E-state index in [9.17, 15) is 18.0 Å². The molecule has 4 rings (SSSR count). The summed E-state index contributed by atoms with van der Waals surface area (Å²) >= 11 is 1.37. The van der Waals surface area contributed by atoms with Crippen LogP contribution in [0.3, 0.4) is 0 Å². The molecule has 2 aromatic heterocycles. The highest BCUT2D eigenvalue weighted by Crippen LogP contribution is 2.33. The number of nitrogens with zero attached hydrogens (tertiary/aromatic N) is 3. The first-order valence-electron chi connectivity index (χ1n) is 9.49. The summed E-state index contributed by atoms with van der Waals surface area (Å²) in [6.45, 7) is 1.41.